The molecular weight excluding hydrogens is 378 g/mol. The van der Waals surface area contributed by atoms with Crippen molar-refractivity contribution in [1.82, 2.24) is 20.6 Å². The van der Waals surface area contributed by atoms with Crippen LogP contribution in [-0.4, -0.2) is 28.5 Å². The van der Waals surface area contributed by atoms with E-state index in [1.807, 2.05) is 37.3 Å². The minimum atomic E-state index is -0.313. The van der Waals surface area contributed by atoms with Gasteiger partial charge in [-0.05, 0) is 47.2 Å². The van der Waals surface area contributed by atoms with E-state index in [4.69, 9.17) is 6.42 Å². The highest BCUT2D eigenvalue weighted by Crippen LogP contribution is 2.31. The molecule has 0 atom stereocenters. The van der Waals surface area contributed by atoms with Gasteiger partial charge in [0.25, 0.3) is 0 Å². The molecule has 3 amide bonds. The zero-order chi connectivity index (χ0) is 21.3. The van der Waals surface area contributed by atoms with Crippen LogP contribution in [0.5, 0.6) is 0 Å². The van der Waals surface area contributed by atoms with Crippen LogP contribution in [0.3, 0.4) is 0 Å². The fourth-order valence-corrected chi connectivity index (χ4v) is 3.09. The molecule has 3 N–H and O–H groups in total. The molecule has 30 heavy (non-hydrogen) atoms. The maximum absolute atomic E-state index is 12.0. The van der Waals surface area contributed by atoms with Crippen LogP contribution in [0.1, 0.15) is 25.3 Å². The molecule has 2 aromatic heterocycles. The fraction of sp³-hybridized carbons (Fsp3) is 0.217. The summed E-state index contributed by atoms with van der Waals surface area (Å²) in [4.78, 5) is 32.3. The molecule has 3 rings (SSSR count). The van der Waals surface area contributed by atoms with E-state index in [-0.39, 0.29) is 11.9 Å². The Kier molecular flexibility index (Phi) is 6.95. The third kappa shape index (κ3) is 5.11. The summed E-state index contributed by atoms with van der Waals surface area (Å²) < 4.78 is 0. The molecule has 1 aromatic carbocycles. The van der Waals surface area contributed by atoms with Crippen LogP contribution in [-0.2, 0) is 11.3 Å². The molecule has 0 aliphatic rings. The number of terminal acetylenes is 1. The molecule has 0 fully saturated rings. The van der Waals surface area contributed by atoms with E-state index in [9.17, 15) is 9.59 Å². The highest BCUT2D eigenvalue weighted by Gasteiger charge is 2.12. The predicted molar refractivity (Wildman–Crippen MR) is 118 cm³/mol. The number of nitrogens with one attached hydrogen (secondary N) is 3. The molecule has 152 valence electrons. The summed E-state index contributed by atoms with van der Waals surface area (Å²) in [6.07, 6.45) is 11.1. The van der Waals surface area contributed by atoms with Gasteiger partial charge < -0.3 is 10.6 Å². The lowest BCUT2D eigenvalue weighted by Gasteiger charge is -2.14. The Morgan fingerprint density at radius 1 is 1.10 bits per heavy atom. The quantitative estimate of drug-likeness (QED) is 0.528. The molecule has 0 saturated heterocycles. The standard InChI is InChI=1S/C23H23N5O2/c1-3-5-6-22(29)27-14-17-7-8-18(16-9-11-24-12-10-16)19-13-21(26-15-20(17)19)28-23(30)25-4-2/h1,7-13,15H,4-6,14H2,2H3,(H,27,29)(H2,25,26,28,30). The molecular formula is C23H23N5O2. The number of carbonyl (C=O) groups excluding carboxylic acids is 2. The average Bonchev–Trinajstić information content (AvgIpc) is 2.76. The summed E-state index contributed by atoms with van der Waals surface area (Å²) in [6, 6.07) is 9.34. The largest absolute Gasteiger partial charge is 0.352 e. The van der Waals surface area contributed by atoms with Crippen molar-refractivity contribution in [1.29, 1.82) is 0 Å². The number of pyridine rings is 2. The van der Waals surface area contributed by atoms with Crippen molar-refractivity contribution >= 4 is 28.5 Å². The van der Waals surface area contributed by atoms with Crippen LogP contribution in [0, 0.1) is 12.3 Å². The van der Waals surface area contributed by atoms with E-state index in [0.717, 1.165) is 27.5 Å². The van der Waals surface area contributed by atoms with Crippen LogP contribution in [0.4, 0.5) is 10.6 Å². The highest BCUT2D eigenvalue weighted by atomic mass is 16.2. The molecule has 0 unspecified atom stereocenters. The monoisotopic (exact) mass is 401 g/mol. The first kappa shape index (κ1) is 20.8. The van der Waals surface area contributed by atoms with E-state index in [1.165, 1.54) is 0 Å². The first-order valence-electron chi connectivity index (χ1n) is 9.69. The smallest absolute Gasteiger partial charge is 0.320 e. The summed E-state index contributed by atoms with van der Waals surface area (Å²) in [5, 5.41) is 10.1. The maximum Gasteiger partial charge on any atom is 0.320 e. The van der Waals surface area contributed by atoms with Crippen molar-refractivity contribution in [2.75, 3.05) is 11.9 Å². The van der Waals surface area contributed by atoms with Gasteiger partial charge in [-0.25, -0.2) is 9.78 Å². The Labute approximate surface area is 175 Å². The van der Waals surface area contributed by atoms with Crippen LogP contribution in [0.2, 0.25) is 0 Å². The van der Waals surface area contributed by atoms with Crippen LogP contribution >= 0.6 is 0 Å². The Morgan fingerprint density at radius 2 is 1.90 bits per heavy atom. The lowest BCUT2D eigenvalue weighted by atomic mass is 9.96. The lowest BCUT2D eigenvalue weighted by molar-refractivity contribution is -0.121. The van der Waals surface area contributed by atoms with Crippen molar-refractivity contribution in [2.24, 2.45) is 0 Å². The first-order valence-corrected chi connectivity index (χ1v) is 9.69. The summed E-state index contributed by atoms with van der Waals surface area (Å²) >= 11 is 0. The topological polar surface area (TPSA) is 96.0 Å². The van der Waals surface area contributed by atoms with Gasteiger partial charge in [-0.15, -0.1) is 12.3 Å². The first-order chi connectivity index (χ1) is 14.6. The zero-order valence-electron chi connectivity index (χ0n) is 16.7. The molecule has 0 saturated carbocycles. The number of carbonyl (C=O) groups is 2. The van der Waals surface area contributed by atoms with Gasteiger partial charge in [0.1, 0.15) is 5.82 Å². The third-order valence-corrected chi connectivity index (χ3v) is 4.53. The van der Waals surface area contributed by atoms with Crippen LogP contribution in [0.15, 0.2) is 48.9 Å². The molecule has 2 heterocycles. The van der Waals surface area contributed by atoms with Gasteiger partial charge in [-0.1, -0.05) is 12.1 Å². The van der Waals surface area contributed by atoms with E-state index < -0.39 is 0 Å². The van der Waals surface area contributed by atoms with Gasteiger partial charge in [-0.3, -0.25) is 15.1 Å². The number of hydrogen-bond acceptors (Lipinski definition) is 4. The maximum atomic E-state index is 12.0. The summed E-state index contributed by atoms with van der Waals surface area (Å²) in [5.41, 5.74) is 2.90. The van der Waals surface area contributed by atoms with Gasteiger partial charge in [0.05, 0.1) is 0 Å². The van der Waals surface area contributed by atoms with E-state index in [0.29, 0.717) is 31.7 Å². The van der Waals surface area contributed by atoms with Crippen molar-refractivity contribution < 1.29 is 9.59 Å². The lowest BCUT2D eigenvalue weighted by Crippen LogP contribution is -2.28. The number of hydrogen-bond donors (Lipinski definition) is 3. The van der Waals surface area contributed by atoms with E-state index in [1.54, 1.807) is 18.6 Å². The number of fused-ring (bicyclic) bond motifs is 1. The number of urea groups is 1. The van der Waals surface area contributed by atoms with E-state index in [2.05, 4.69) is 31.8 Å². The molecule has 0 aliphatic carbocycles. The Hall–Kier alpha value is -3.92. The molecule has 7 nitrogen and oxygen atoms in total. The third-order valence-electron chi connectivity index (χ3n) is 4.53. The summed E-state index contributed by atoms with van der Waals surface area (Å²) in [7, 11) is 0. The van der Waals surface area contributed by atoms with Crippen molar-refractivity contribution in [2.45, 2.75) is 26.3 Å². The van der Waals surface area contributed by atoms with Gasteiger partial charge in [-0.2, -0.15) is 0 Å². The SMILES string of the molecule is C#CCCC(=O)NCc1ccc(-c2ccncc2)c2cc(NC(=O)NCC)ncc12. The highest BCUT2D eigenvalue weighted by molar-refractivity contribution is 6.00. The molecule has 0 aliphatic heterocycles. The predicted octanol–water partition coefficient (Wildman–Crippen LogP) is 3.47. The number of benzene rings is 1. The minimum absolute atomic E-state index is 0.0956. The minimum Gasteiger partial charge on any atom is -0.352 e. The number of nitrogens with zero attached hydrogens (tertiary/aromatic N) is 2. The van der Waals surface area contributed by atoms with Crippen LogP contribution in [0.25, 0.3) is 21.9 Å². The van der Waals surface area contributed by atoms with Crippen molar-refractivity contribution in [3.05, 3.63) is 54.5 Å². The van der Waals surface area contributed by atoms with Gasteiger partial charge in [0.2, 0.25) is 5.91 Å². The Balaban J connectivity index is 1.98. The summed E-state index contributed by atoms with van der Waals surface area (Å²) in [6.45, 7) is 2.73. The second-order valence-electron chi connectivity index (χ2n) is 6.59. The zero-order valence-corrected chi connectivity index (χ0v) is 16.7. The van der Waals surface area contributed by atoms with Crippen molar-refractivity contribution in [3.63, 3.8) is 0 Å². The Bertz CT molecular complexity index is 1090. The summed E-state index contributed by atoms with van der Waals surface area (Å²) in [5.74, 6) is 2.82. The second-order valence-corrected chi connectivity index (χ2v) is 6.59. The molecule has 0 spiro atoms. The second kappa shape index (κ2) is 10.0. The Morgan fingerprint density at radius 3 is 2.63 bits per heavy atom. The van der Waals surface area contributed by atoms with Gasteiger partial charge >= 0.3 is 6.03 Å². The number of aromatic nitrogens is 2. The molecule has 0 bridgehead atoms. The van der Waals surface area contributed by atoms with Crippen LogP contribution < -0.4 is 16.0 Å². The number of amides is 3. The normalized spacial score (nSPS) is 10.3. The molecule has 7 heteroatoms. The molecule has 0 radical (unpaired) electrons. The fourth-order valence-electron chi connectivity index (χ4n) is 3.09. The number of anilines is 1. The molecule has 3 aromatic rings. The average molecular weight is 401 g/mol. The van der Waals surface area contributed by atoms with Gasteiger partial charge in [0, 0.05) is 49.9 Å². The van der Waals surface area contributed by atoms with Crippen molar-refractivity contribution in [3.8, 4) is 23.5 Å². The van der Waals surface area contributed by atoms with Gasteiger partial charge in [0.15, 0.2) is 0 Å². The number of rotatable bonds is 7. The van der Waals surface area contributed by atoms with E-state index >= 15 is 0 Å².